The van der Waals surface area contributed by atoms with Gasteiger partial charge in [-0.3, -0.25) is 4.79 Å². The van der Waals surface area contributed by atoms with E-state index in [2.05, 4.69) is 53.3 Å². The maximum atomic E-state index is 12.6. The Bertz CT molecular complexity index is 999. The number of allylic oxidation sites excluding steroid dienone is 4. The second kappa shape index (κ2) is 8.54. The minimum Gasteiger partial charge on any atom is -0.481 e. The van der Waals surface area contributed by atoms with E-state index in [0.29, 0.717) is 30.8 Å². The first-order chi connectivity index (χ1) is 16.4. The molecule has 4 rings (SSSR count). The summed E-state index contributed by atoms with van der Waals surface area (Å²) in [7, 11) is 0. The minimum atomic E-state index is -1.06. The Hall–Kier alpha value is -1.43. The number of rotatable bonds is 6. The Labute approximate surface area is 217 Å². The number of hydrogen-bond acceptors (Lipinski definition) is 4. The Balaban J connectivity index is 1.71. The predicted octanol–water partition coefficient (Wildman–Crippen LogP) is 5.65. The van der Waals surface area contributed by atoms with Crippen LogP contribution in [-0.4, -0.2) is 44.2 Å². The summed E-state index contributed by atoms with van der Waals surface area (Å²) in [4.78, 5) is 12.6. The summed E-state index contributed by atoms with van der Waals surface area (Å²) in [5, 5.41) is 42.9. The Morgan fingerprint density at radius 1 is 1.14 bits per heavy atom. The number of carbonyl (C=O) groups is 1. The number of hydrogen-bond donors (Lipinski definition) is 4. The molecule has 4 N–H and O–H groups in total. The van der Waals surface area contributed by atoms with Gasteiger partial charge in [0, 0.05) is 11.3 Å². The zero-order valence-corrected chi connectivity index (χ0v) is 23.4. The molecule has 0 aromatic carbocycles. The fourth-order valence-corrected chi connectivity index (χ4v) is 8.91. The Morgan fingerprint density at radius 3 is 2.36 bits per heavy atom. The Morgan fingerprint density at radius 2 is 1.78 bits per heavy atom. The normalized spacial score (nSPS) is 42.4. The van der Waals surface area contributed by atoms with Crippen LogP contribution in [0.1, 0.15) is 93.4 Å². The van der Waals surface area contributed by atoms with Crippen molar-refractivity contribution in [1.82, 2.24) is 0 Å². The van der Waals surface area contributed by atoms with Gasteiger partial charge in [-0.2, -0.15) is 0 Å². The van der Waals surface area contributed by atoms with E-state index in [1.165, 1.54) is 11.1 Å². The van der Waals surface area contributed by atoms with Gasteiger partial charge in [0.2, 0.25) is 0 Å². The molecule has 3 unspecified atom stereocenters. The van der Waals surface area contributed by atoms with E-state index in [1.54, 1.807) is 13.8 Å². The SMILES string of the molecule is C=C(CC[C@@H](C(=O)O)[C@H]1C(O)C[C@@]2(C)C3=CCC4C(C)(C)C(O)CC[C@]4(C)C3=CC[C@]12C)C(C)(C)O. The van der Waals surface area contributed by atoms with Gasteiger partial charge < -0.3 is 20.4 Å². The van der Waals surface area contributed by atoms with E-state index < -0.39 is 29.0 Å². The molecule has 0 aromatic rings. The summed E-state index contributed by atoms with van der Waals surface area (Å²) in [6, 6.07) is 0. The van der Waals surface area contributed by atoms with Crippen LogP contribution in [-0.2, 0) is 4.79 Å². The second-order valence-electron chi connectivity index (χ2n) is 14.2. The number of carboxylic acid groups (broad SMARTS) is 1. The van der Waals surface area contributed by atoms with Crippen LogP contribution in [0.3, 0.4) is 0 Å². The molecule has 0 amide bonds. The van der Waals surface area contributed by atoms with E-state index >= 15 is 0 Å². The molecule has 4 aliphatic rings. The molecule has 0 aromatic heterocycles. The molecule has 5 heteroatoms. The van der Waals surface area contributed by atoms with Gasteiger partial charge in [0.1, 0.15) is 0 Å². The van der Waals surface area contributed by atoms with Crippen molar-refractivity contribution in [2.45, 2.75) is 111 Å². The van der Waals surface area contributed by atoms with Crippen LogP contribution in [0.15, 0.2) is 35.5 Å². The summed E-state index contributed by atoms with van der Waals surface area (Å²) in [6.07, 6.45) is 8.39. The lowest BCUT2D eigenvalue weighted by Crippen LogP contribution is -2.54. The maximum absolute atomic E-state index is 12.6. The molecule has 0 radical (unpaired) electrons. The third-order valence-electron chi connectivity index (χ3n) is 11.7. The molecule has 36 heavy (non-hydrogen) atoms. The summed E-state index contributed by atoms with van der Waals surface area (Å²) < 4.78 is 0. The van der Waals surface area contributed by atoms with Crippen LogP contribution in [0.2, 0.25) is 0 Å². The predicted molar refractivity (Wildman–Crippen MR) is 142 cm³/mol. The van der Waals surface area contributed by atoms with Crippen molar-refractivity contribution in [2.24, 2.45) is 39.4 Å². The van der Waals surface area contributed by atoms with Gasteiger partial charge in [0.05, 0.1) is 23.7 Å². The zero-order chi connectivity index (χ0) is 27.1. The van der Waals surface area contributed by atoms with E-state index in [9.17, 15) is 25.2 Å². The van der Waals surface area contributed by atoms with Gasteiger partial charge in [-0.25, -0.2) is 0 Å². The van der Waals surface area contributed by atoms with Gasteiger partial charge in [-0.15, -0.1) is 0 Å². The highest BCUT2D eigenvalue weighted by atomic mass is 16.4. The Kier molecular flexibility index (Phi) is 6.55. The van der Waals surface area contributed by atoms with Crippen LogP contribution in [0.5, 0.6) is 0 Å². The molecule has 2 fully saturated rings. The van der Waals surface area contributed by atoms with Crippen molar-refractivity contribution >= 4 is 5.97 Å². The van der Waals surface area contributed by atoms with Gasteiger partial charge in [0.15, 0.2) is 0 Å². The molecular formula is C31H48O5. The lowest BCUT2D eigenvalue weighted by molar-refractivity contribution is -0.148. The smallest absolute Gasteiger partial charge is 0.306 e. The second-order valence-corrected chi connectivity index (χ2v) is 14.2. The highest BCUT2D eigenvalue weighted by Crippen LogP contribution is 2.71. The van der Waals surface area contributed by atoms with Crippen LogP contribution >= 0.6 is 0 Å². The quantitative estimate of drug-likeness (QED) is 0.353. The average molecular weight is 501 g/mol. The number of aliphatic hydroxyl groups is 3. The number of carboxylic acids is 1. The van der Waals surface area contributed by atoms with Gasteiger partial charge in [0.25, 0.3) is 0 Å². The minimum absolute atomic E-state index is 0.0309. The highest BCUT2D eigenvalue weighted by molar-refractivity contribution is 5.71. The first-order valence-electron chi connectivity index (χ1n) is 13.8. The molecule has 4 aliphatic carbocycles. The lowest BCUT2D eigenvalue weighted by atomic mass is 9.44. The summed E-state index contributed by atoms with van der Waals surface area (Å²) in [6.45, 7) is 18.5. The number of aliphatic hydroxyl groups excluding tert-OH is 2. The van der Waals surface area contributed by atoms with Crippen molar-refractivity contribution in [3.8, 4) is 0 Å². The summed E-state index contributed by atoms with van der Waals surface area (Å²) >= 11 is 0. The zero-order valence-electron chi connectivity index (χ0n) is 23.4. The average Bonchev–Trinajstić information content (AvgIpc) is 2.96. The van der Waals surface area contributed by atoms with Crippen molar-refractivity contribution in [2.75, 3.05) is 0 Å². The molecular weight excluding hydrogens is 452 g/mol. The monoisotopic (exact) mass is 500 g/mol. The molecule has 2 saturated carbocycles. The van der Waals surface area contributed by atoms with E-state index in [4.69, 9.17) is 0 Å². The van der Waals surface area contributed by atoms with Crippen molar-refractivity contribution in [1.29, 1.82) is 0 Å². The van der Waals surface area contributed by atoms with Crippen LogP contribution < -0.4 is 0 Å². The maximum Gasteiger partial charge on any atom is 0.306 e. The topological polar surface area (TPSA) is 98.0 Å². The molecule has 0 aliphatic heterocycles. The van der Waals surface area contributed by atoms with Crippen LogP contribution in [0, 0.1) is 39.4 Å². The van der Waals surface area contributed by atoms with E-state index in [1.807, 2.05) is 0 Å². The van der Waals surface area contributed by atoms with Gasteiger partial charge >= 0.3 is 5.97 Å². The fourth-order valence-electron chi connectivity index (χ4n) is 8.91. The molecule has 0 bridgehead atoms. The summed E-state index contributed by atoms with van der Waals surface area (Å²) in [5.41, 5.74) is 1.31. The third-order valence-corrected chi connectivity index (χ3v) is 11.7. The molecule has 202 valence electrons. The number of aliphatic carboxylic acids is 1. The van der Waals surface area contributed by atoms with Crippen molar-refractivity contribution < 1.29 is 25.2 Å². The van der Waals surface area contributed by atoms with Crippen molar-refractivity contribution in [3.05, 3.63) is 35.5 Å². The standard InChI is InChI=1S/C31H48O5/c1-18(28(4,5)36)9-10-19(26(34)35)25-22(32)17-31(8)21-11-12-23-27(2,3)24(33)14-15-29(23,6)20(21)13-16-30(25,31)7/h11,13,19,22-25,32-33,36H,1,9-10,12,14-17H2,2-8H3,(H,34,35)/t19-,22?,23?,24?,25+,29-,30-,31+/m1/s1. The lowest BCUT2D eigenvalue weighted by Gasteiger charge is -2.61. The largest absolute Gasteiger partial charge is 0.481 e. The van der Waals surface area contributed by atoms with Crippen LogP contribution in [0.25, 0.3) is 0 Å². The number of fused-ring (bicyclic) bond motifs is 5. The van der Waals surface area contributed by atoms with E-state index in [0.717, 1.165) is 25.7 Å². The molecule has 0 spiro atoms. The molecule has 0 heterocycles. The highest BCUT2D eigenvalue weighted by Gasteiger charge is 2.66. The van der Waals surface area contributed by atoms with Gasteiger partial charge in [-0.1, -0.05) is 53.3 Å². The van der Waals surface area contributed by atoms with Gasteiger partial charge in [-0.05, 0) is 97.7 Å². The van der Waals surface area contributed by atoms with E-state index in [-0.39, 0.29) is 28.3 Å². The third kappa shape index (κ3) is 3.79. The summed E-state index contributed by atoms with van der Waals surface area (Å²) in [5.74, 6) is -1.63. The molecule has 5 nitrogen and oxygen atoms in total. The first-order valence-corrected chi connectivity index (χ1v) is 13.8. The fraction of sp³-hybridized carbons (Fsp3) is 0.774. The molecule has 8 atom stereocenters. The van der Waals surface area contributed by atoms with Crippen LogP contribution in [0.4, 0.5) is 0 Å². The molecule has 0 saturated heterocycles. The van der Waals surface area contributed by atoms with Crippen molar-refractivity contribution in [3.63, 3.8) is 0 Å². The first kappa shape index (κ1) is 27.6.